The molecule has 1 aliphatic rings. The first-order valence-corrected chi connectivity index (χ1v) is 9.36. The van der Waals surface area contributed by atoms with E-state index >= 15 is 0 Å². The molecular weight excluding hydrogens is 383 g/mol. The summed E-state index contributed by atoms with van der Waals surface area (Å²) in [7, 11) is 1.20. The van der Waals surface area contributed by atoms with E-state index in [0.29, 0.717) is 5.69 Å². The summed E-state index contributed by atoms with van der Waals surface area (Å²) in [6, 6.07) is 7.08. The summed E-state index contributed by atoms with van der Waals surface area (Å²) >= 11 is 0.776. The number of esters is 1. The fourth-order valence-corrected chi connectivity index (χ4v) is 4.08. The minimum Gasteiger partial charge on any atom is -0.467 e. The molecule has 2 aromatic rings. The first-order valence-electron chi connectivity index (χ1n) is 8.54. The van der Waals surface area contributed by atoms with Crippen molar-refractivity contribution in [3.05, 3.63) is 58.0 Å². The number of hydrogen-bond acceptors (Lipinski definition) is 5. The van der Waals surface area contributed by atoms with Crippen LogP contribution in [0.15, 0.2) is 35.2 Å². The number of benzene rings is 1. The third-order valence-corrected chi connectivity index (χ3v) is 5.46. The molecule has 6 nitrogen and oxygen atoms in total. The van der Waals surface area contributed by atoms with Gasteiger partial charge in [-0.2, -0.15) is 0 Å². The zero-order valence-corrected chi connectivity index (χ0v) is 16.7. The Hall–Kier alpha value is -2.87. The second-order valence-corrected chi connectivity index (χ2v) is 7.39. The number of methoxy groups -OCH3 is 1. The van der Waals surface area contributed by atoms with Crippen LogP contribution in [0.3, 0.4) is 0 Å². The summed E-state index contributed by atoms with van der Waals surface area (Å²) in [6.07, 6.45) is 1.62. The number of aryl methyl sites for hydroxylation is 1. The molecule has 3 rings (SSSR count). The van der Waals surface area contributed by atoms with Crippen molar-refractivity contribution >= 4 is 35.0 Å². The Morgan fingerprint density at radius 2 is 1.96 bits per heavy atom. The number of amides is 2. The van der Waals surface area contributed by atoms with Gasteiger partial charge in [-0.05, 0) is 68.4 Å². The summed E-state index contributed by atoms with van der Waals surface area (Å²) < 4.78 is 20.1. The van der Waals surface area contributed by atoms with E-state index in [1.165, 1.54) is 26.2 Å². The van der Waals surface area contributed by atoms with E-state index in [-0.39, 0.29) is 10.7 Å². The molecule has 1 atom stereocenters. The van der Waals surface area contributed by atoms with E-state index in [1.54, 1.807) is 18.2 Å². The highest BCUT2D eigenvalue weighted by atomic mass is 32.2. The zero-order chi connectivity index (χ0) is 20.6. The highest BCUT2D eigenvalue weighted by Crippen LogP contribution is 2.35. The first-order chi connectivity index (χ1) is 13.2. The van der Waals surface area contributed by atoms with E-state index in [0.717, 1.165) is 33.6 Å². The summed E-state index contributed by atoms with van der Waals surface area (Å²) in [4.78, 5) is 37.7. The average molecular weight is 402 g/mol. The fourth-order valence-electron chi connectivity index (χ4n) is 3.18. The number of halogens is 1. The molecule has 2 amide bonds. The third kappa shape index (κ3) is 3.47. The third-order valence-electron chi connectivity index (χ3n) is 4.58. The second kappa shape index (κ2) is 7.63. The van der Waals surface area contributed by atoms with Crippen LogP contribution in [-0.2, 0) is 14.3 Å². The lowest BCUT2D eigenvalue weighted by atomic mass is 10.2. The van der Waals surface area contributed by atoms with Gasteiger partial charge >= 0.3 is 5.97 Å². The van der Waals surface area contributed by atoms with E-state index in [9.17, 15) is 18.8 Å². The van der Waals surface area contributed by atoms with Gasteiger partial charge in [0, 0.05) is 17.1 Å². The first kappa shape index (κ1) is 19.9. The molecule has 0 spiro atoms. The molecule has 2 heterocycles. The molecule has 28 heavy (non-hydrogen) atoms. The van der Waals surface area contributed by atoms with Gasteiger partial charge in [-0.15, -0.1) is 0 Å². The molecule has 1 saturated heterocycles. The lowest BCUT2D eigenvalue weighted by Crippen LogP contribution is -2.42. The predicted octanol–water partition coefficient (Wildman–Crippen LogP) is 3.83. The lowest BCUT2D eigenvalue weighted by molar-refractivity contribution is -0.148. The summed E-state index contributed by atoms with van der Waals surface area (Å²) in [5.41, 5.74) is 3.06. The summed E-state index contributed by atoms with van der Waals surface area (Å²) in [6.45, 7) is 5.17. The Kier molecular flexibility index (Phi) is 5.42. The number of thioether (sulfide) groups is 1. The van der Waals surface area contributed by atoms with Gasteiger partial charge in [-0.3, -0.25) is 14.5 Å². The Balaban J connectivity index is 1.97. The smallest absolute Gasteiger partial charge is 0.328 e. The largest absolute Gasteiger partial charge is 0.467 e. The quantitative estimate of drug-likeness (QED) is 0.574. The normalized spacial score (nSPS) is 16.8. The predicted molar refractivity (Wildman–Crippen MR) is 104 cm³/mol. The molecule has 1 fully saturated rings. The minimum absolute atomic E-state index is 0.222. The SMILES string of the molecule is COC(=O)[C@H](C)N1C(=O)S/C(=C/c2cc(C)n(-c3cccc(F)c3)c2C)C1=O. The van der Waals surface area contributed by atoms with Crippen molar-refractivity contribution < 1.29 is 23.5 Å². The van der Waals surface area contributed by atoms with Crippen molar-refractivity contribution in [3.63, 3.8) is 0 Å². The van der Waals surface area contributed by atoms with Crippen LogP contribution in [-0.4, -0.2) is 39.7 Å². The number of carbonyl (C=O) groups is 3. The Labute approximate surface area is 166 Å². The van der Waals surface area contributed by atoms with Gasteiger partial charge in [0.05, 0.1) is 12.0 Å². The molecule has 0 aliphatic carbocycles. The molecule has 1 aromatic heterocycles. The van der Waals surface area contributed by atoms with Crippen molar-refractivity contribution in [2.45, 2.75) is 26.8 Å². The van der Waals surface area contributed by atoms with Crippen LogP contribution in [0.5, 0.6) is 0 Å². The van der Waals surface area contributed by atoms with Crippen LogP contribution in [0.25, 0.3) is 11.8 Å². The maximum atomic E-state index is 13.6. The highest BCUT2D eigenvalue weighted by molar-refractivity contribution is 8.18. The van der Waals surface area contributed by atoms with Crippen LogP contribution in [0.2, 0.25) is 0 Å². The summed E-state index contributed by atoms with van der Waals surface area (Å²) in [5, 5.41) is -0.520. The Morgan fingerprint density at radius 3 is 2.61 bits per heavy atom. The minimum atomic E-state index is -0.997. The lowest BCUT2D eigenvalue weighted by Gasteiger charge is -2.18. The van der Waals surface area contributed by atoms with Gasteiger partial charge in [0.25, 0.3) is 11.1 Å². The van der Waals surface area contributed by atoms with Gasteiger partial charge in [-0.1, -0.05) is 6.07 Å². The van der Waals surface area contributed by atoms with Crippen molar-refractivity contribution in [1.82, 2.24) is 9.47 Å². The van der Waals surface area contributed by atoms with Crippen LogP contribution < -0.4 is 0 Å². The molecule has 0 unspecified atom stereocenters. The van der Waals surface area contributed by atoms with E-state index in [2.05, 4.69) is 4.74 Å². The molecular formula is C20H19FN2O4S. The number of rotatable bonds is 4. The topological polar surface area (TPSA) is 68.6 Å². The fraction of sp³-hybridized carbons (Fsp3) is 0.250. The van der Waals surface area contributed by atoms with Gasteiger partial charge in [-0.25, -0.2) is 9.18 Å². The molecule has 0 radical (unpaired) electrons. The number of hydrogen-bond donors (Lipinski definition) is 0. The zero-order valence-electron chi connectivity index (χ0n) is 15.9. The van der Waals surface area contributed by atoms with Gasteiger partial charge < -0.3 is 9.30 Å². The maximum Gasteiger partial charge on any atom is 0.328 e. The van der Waals surface area contributed by atoms with E-state index in [1.807, 2.05) is 24.5 Å². The summed E-state index contributed by atoms with van der Waals surface area (Å²) in [5.74, 6) is -1.54. The monoisotopic (exact) mass is 402 g/mol. The Bertz CT molecular complexity index is 1010. The van der Waals surface area contributed by atoms with Gasteiger partial charge in [0.1, 0.15) is 11.9 Å². The number of nitrogens with zero attached hydrogens (tertiary/aromatic N) is 2. The van der Waals surface area contributed by atoms with E-state index < -0.39 is 23.2 Å². The van der Waals surface area contributed by atoms with Crippen molar-refractivity contribution in [3.8, 4) is 5.69 Å². The van der Waals surface area contributed by atoms with Crippen LogP contribution >= 0.6 is 11.8 Å². The number of imide groups is 1. The number of carbonyl (C=O) groups excluding carboxylic acids is 3. The standard InChI is InChI=1S/C20H19FN2O4S/c1-11-8-14(12(2)22(11)16-7-5-6-15(21)10-16)9-17-18(24)23(20(26)28-17)13(3)19(25)27-4/h5-10,13H,1-4H3/b17-9+/t13-/m0/s1. The average Bonchev–Trinajstić information content (AvgIpc) is 3.09. The number of aromatic nitrogens is 1. The van der Waals surface area contributed by atoms with Gasteiger partial charge in [0.2, 0.25) is 0 Å². The van der Waals surface area contributed by atoms with Crippen molar-refractivity contribution in [1.29, 1.82) is 0 Å². The molecule has 0 saturated carbocycles. The van der Waals surface area contributed by atoms with Crippen LogP contribution in [0, 0.1) is 19.7 Å². The van der Waals surface area contributed by atoms with Gasteiger partial charge in [0.15, 0.2) is 0 Å². The molecule has 1 aromatic carbocycles. The Morgan fingerprint density at radius 1 is 1.25 bits per heavy atom. The number of ether oxygens (including phenoxy) is 1. The molecule has 0 bridgehead atoms. The van der Waals surface area contributed by atoms with Crippen molar-refractivity contribution in [2.75, 3.05) is 7.11 Å². The molecule has 146 valence electrons. The maximum absolute atomic E-state index is 13.6. The molecule has 0 N–H and O–H groups in total. The van der Waals surface area contributed by atoms with E-state index in [4.69, 9.17) is 0 Å². The van der Waals surface area contributed by atoms with Crippen LogP contribution in [0.4, 0.5) is 9.18 Å². The highest BCUT2D eigenvalue weighted by Gasteiger charge is 2.41. The van der Waals surface area contributed by atoms with Crippen molar-refractivity contribution in [2.24, 2.45) is 0 Å². The molecule has 8 heteroatoms. The second-order valence-electron chi connectivity index (χ2n) is 6.39. The molecule has 1 aliphatic heterocycles. The van der Waals surface area contributed by atoms with Crippen LogP contribution in [0.1, 0.15) is 23.9 Å².